The maximum absolute atomic E-state index is 7.38. The molecule has 3 nitrogen and oxygen atoms in total. The summed E-state index contributed by atoms with van der Waals surface area (Å²) in [4.78, 5) is 0. The molecular formula is C15H23ClN2O. The predicted molar refractivity (Wildman–Crippen MR) is 81.3 cm³/mol. The van der Waals surface area contributed by atoms with Crippen LogP contribution in [0.25, 0.3) is 0 Å². The van der Waals surface area contributed by atoms with Gasteiger partial charge >= 0.3 is 0 Å². The second-order valence-electron chi connectivity index (χ2n) is 4.78. The Morgan fingerprint density at radius 1 is 1.42 bits per heavy atom. The standard InChI is InChI=1S/C15H23ClN2O/c1-3-5-6-11(4-2)10-19-12-7-8-13(15(17)18)14(16)9-12/h7-9,11H,3-6,10H2,1-2H3,(H3,17,18). The van der Waals surface area contributed by atoms with Crippen LogP contribution in [0.5, 0.6) is 5.75 Å². The fraction of sp³-hybridized carbons (Fsp3) is 0.533. The molecule has 0 aromatic heterocycles. The third kappa shape index (κ3) is 5.11. The SMILES string of the molecule is CCCCC(CC)COc1ccc(C(=N)N)c(Cl)c1. The second kappa shape index (κ2) is 8.05. The van der Waals surface area contributed by atoms with Crippen LogP contribution in [0.15, 0.2) is 18.2 Å². The first-order valence-corrected chi connectivity index (χ1v) is 7.23. The van der Waals surface area contributed by atoms with E-state index in [0.717, 1.165) is 12.2 Å². The summed E-state index contributed by atoms with van der Waals surface area (Å²) in [7, 11) is 0. The van der Waals surface area contributed by atoms with E-state index in [1.54, 1.807) is 12.1 Å². The molecule has 0 saturated carbocycles. The third-order valence-corrected chi connectivity index (χ3v) is 3.57. The van der Waals surface area contributed by atoms with Gasteiger partial charge in [0.05, 0.1) is 11.6 Å². The topological polar surface area (TPSA) is 59.1 Å². The van der Waals surface area contributed by atoms with Gasteiger partial charge in [0.25, 0.3) is 0 Å². The van der Waals surface area contributed by atoms with Crippen LogP contribution in [0, 0.1) is 11.3 Å². The summed E-state index contributed by atoms with van der Waals surface area (Å²) in [5, 5.41) is 7.84. The van der Waals surface area contributed by atoms with Crippen molar-refractivity contribution in [1.82, 2.24) is 0 Å². The zero-order valence-corrected chi connectivity index (χ0v) is 12.5. The number of hydrogen-bond donors (Lipinski definition) is 2. The van der Waals surface area contributed by atoms with Gasteiger partial charge in [-0.3, -0.25) is 5.41 Å². The maximum Gasteiger partial charge on any atom is 0.124 e. The number of benzene rings is 1. The molecule has 0 amide bonds. The zero-order chi connectivity index (χ0) is 14.3. The molecule has 4 heteroatoms. The van der Waals surface area contributed by atoms with Gasteiger partial charge in [-0.15, -0.1) is 0 Å². The Morgan fingerprint density at radius 2 is 2.16 bits per heavy atom. The molecule has 0 aliphatic heterocycles. The molecule has 1 aromatic rings. The monoisotopic (exact) mass is 282 g/mol. The third-order valence-electron chi connectivity index (χ3n) is 3.26. The van der Waals surface area contributed by atoms with Gasteiger partial charge in [0.1, 0.15) is 11.6 Å². The highest BCUT2D eigenvalue weighted by molar-refractivity contribution is 6.34. The molecule has 0 aliphatic carbocycles. The fourth-order valence-electron chi connectivity index (χ4n) is 1.92. The van der Waals surface area contributed by atoms with Gasteiger partial charge in [0.2, 0.25) is 0 Å². The minimum Gasteiger partial charge on any atom is -0.493 e. The molecule has 0 aliphatic rings. The molecule has 0 fully saturated rings. The van der Waals surface area contributed by atoms with Gasteiger partial charge < -0.3 is 10.5 Å². The minimum absolute atomic E-state index is 0.0223. The molecular weight excluding hydrogens is 260 g/mol. The number of halogens is 1. The van der Waals surface area contributed by atoms with Gasteiger partial charge in [-0.1, -0.05) is 44.7 Å². The van der Waals surface area contributed by atoms with Crippen molar-refractivity contribution in [2.24, 2.45) is 11.7 Å². The van der Waals surface area contributed by atoms with Crippen molar-refractivity contribution in [2.45, 2.75) is 39.5 Å². The van der Waals surface area contributed by atoms with E-state index in [9.17, 15) is 0 Å². The van der Waals surface area contributed by atoms with E-state index in [-0.39, 0.29) is 5.84 Å². The molecule has 0 bridgehead atoms. The van der Waals surface area contributed by atoms with Crippen LogP contribution < -0.4 is 10.5 Å². The molecule has 0 radical (unpaired) electrons. The van der Waals surface area contributed by atoms with Gasteiger partial charge in [0, 0.05) is 5.56 Å². The number of unbranched alkanes of at least 4 members (excludes halogenated alkanes) is 1. The lowest BCUT2D eigenvalue weighted by Gasteiger charge is -2.16. The van der Waals surface area contributed by atoms with E-state index in [4.69, 9.17) is 27.5 Å². The molecule has 1 atom stereocenters. The van der Waals surface area contributed by atoms with Crippen LogP contribution in [-0.2, 0) is 0 Å². The van der Waals surface area contributed by atoms with Gasteiger partial charge in [-0.05, 0) is 30.5 Å². The van der Waals surface area contributed by atoms with Crippen molar-refractivity contribution in [3.05, 3.63) is 28.8 Å². The molecule has 3 N–H and O–H groups in total. The Morgan fingerprint density at radius 3 is 2.68 bits per heavy atom. The molecule has 0 spiro atoms. The Balaban J connectivity index is 2.57. The molecule has 19 heavy (non-hydrogen) atoms. The molecule has 106 valence electrons. The van der Waals surface area contributed by atoms with Crippen molar-refractivity contribution in [1.29, 1.82) is 5.41 Å². The molecule has 0 saturated heterocycles. The van der Waals surface area contributed by atoms with Gasteiger partial charge in [-0.25, -0.2) is 0 Å². The van der Waals surface area contributed by atoms with Crippen LogP contribution in [0.3, 0.4) is 0 Å². The van der Waals surface area contributed by atoms with Crippen LogP contribution in [-0.4, -0.2) is 12.4 Å². The Labute approximate surface area is 120 Å². The lowest BCUT2D eigenvalue weighted by atomic mass is 10.0. The normalized spacial score (nSPS) is 12.2. The van der Waals surface area contributed by atoms with Crippen LogP contribution in [0.1, 0.15) is 45.1 Å². The van der Waals surface area contributed by atoms with E-state index < -0.39 is 0 Å². The quantitative estimate of drug-likeness (QED) is 0.554. The fourth-order valence-corrected chi connectivity index (χ4v) is 2.19. The van der Waals surface area contributed by atoms with Crippen molar-refractivity contribution >= 4 is 17.4 Å². The molecule has 1 aromatic carbocycles. The highest BCUT2D eigenvalue weighted by Gasteiger charge is 2.09. The summed E-state index contributed by atoms with van der Waals surface area (Å²) in [6.07, 6.45) is 4.78. The van der Waals surface area contributed by atoms with E-state index >= 15 is 0 Å². The van der Waals surface area contributed by atoms with Crippen molar-refractivity contribution < 1.29 is 4.74 Å². The van der Waals surface area contributed by atoms with Crippen LogP contribution >= 0.6 is 11.6 Å². The Bertz CT molecular complexity index is 421. The summed E-state index contributed by atoms with van der Waals surface area (Å²) < 4.78 is 5.78. The highest BCUT2D eigenvalue weighted by Crippen LogP contribution is 2.23. The average molecular weight is 283 g/mol. The van der Waals surface area contributed by atoms with E-state index in [0.29, 0.717) is 23.1 Å². The first kappa shape index (κ1) is 15.8. The summed E-state index contributed by atoms with van der Waals surface area (Å²) in [6, 6.07) is 5.27. The lowest BCUT2D eigenvalue weighted by molar-refractivity contribution is 0.233. The maximum atomic E-state index is 7.38. The van der Waals surface area contributed by atoms with Crippen molar-refractivity contribution in [3.63, 3.8) is 0 Å². The summed E-state index contributed by atoms with van der Waals surface area (Å²) in [6.45, 7) is 5.11. The second-order valence-corrected chi connectivity index (χ2v) is 5.19. The first-order chi connectivity index (χ1) is 9.08. The number of nitrogens with two attached hydrogens (primary N) is 1. The first-order valence-electron chi connectivity index (χ1n) is 6.85. The predicted octanol–water partition coefficient (Wildman–Crippen LogP) is 4.22. The van der Waals surface area contributed by atoms with E-state index in [2.05, 4.69) is 13.8 Å². The number of nitrogen functional groups attached to an aromatic ring is 1. The average Bonchev–Trinajstić information content (AvgIpc) is 2.38. The lowest BCUT2D eigenvalue weighted by Crippen LogP contribution is -2.13. The number of ether oxygens (including phenoxy) is 1. The zero-order valence-electron chi connectivity index (χ0n) is 11.7. The number of hydrogen-bond acceptors (Lipinski definition) is 2. The van der Waals surface area contributed by atoms with Gasteiger partial charge in [-0.2, -0.15) is 0 Å². The largest absolute Gasteiger partial charge is 0.493 e. The van der Waals surface area contributed by atoms with E-state index in [1.807, 2.05) is 6.07 Å². The Kier molecular flexibility index (Phi) is 6.71. The van der Waals surface area contributed by atoms with Crippen LogP contribution in [0.4, 0.5) is 0 Å². The highest BCUT2D eigenvalue weighted by atomic mass is 35.5. The summed E-state index contributed by atoms with van der Waals surface area (Å²) >= 11 is 6.06. The van der Waals surface area contributed by atoms with Crippen LogP contribution in [0.2, 0.25) is 5.02 Å². The summed E-state index contributed by atoms with van der Waals surface area (Å²) in [5.74, 6) is 1.31. The number of rotatable bonds is 8. The van der Waals surface area contributed by atoms with Gasteiger partial charge in [0.15, 0.2) is 0 Å². The molecule has 1 unspecified atom stereocenters. The number of amidine groups is 1. The smallest absolute Gasteiger partial charge is 0.124 e. The molecule has 1 rings (SSSR count). The van der Waals surface area contributed by atoms with Crippen molar-refractivity contribution in [2.75, 3.05) is 6.61 Å². The number of nitrogens with one attached hydrogen (secondary N) is 1. The minimum atomic E-state index is -0.0223. The summed E-state index contributed by atoms with van der Waals surface area (Å²) in [5.41, 5.74) is 5.97. The molecule has 0 heterocycles. The van der Waals surface area contributed by atoms with E-state index in [1.165, 1.54) is 19.3 Å². The van der Waals surface area contributed by atoms with Crippen molar-refractivity contribution in [3.8, 4) is 5.75 Å². The Hall–Kier alpha value is -1.22.